The first-order chi connectivity index (χ1) is 11.8. The number of aromatic nitrogens is 1. The third-order valence-electron chi connectivity index (χ3n) is 3.47. The number of ether oxygens (including phenoxy) is 2. The Kier molecular flexibility index (Phi) is 6.08. The Labute approximate surface area is 150 Å². The molecule has 1 aliphatic heterocycles. The van der Waals surface area contributed by atoms with Gasteiger partial charge in [0.15, 0.2) is 16.9 Å². The molecule has 0 amide bonds. The molecule has 7 nitrogen and oxygen atoms in total. The molecule has 0 saturated heterocycles. The van der Waals surface area contributed by atoms with Crippen LogP contribution in [0.4, 0.5) is 0 Å². The van der Waals surface area contributed by atoms with Crippen molar-refractivity contribution in [2.75, 3.05) is 6.61 Å². The molecular weight excluding hydrogens is 342 g/mol. The molecule has 2 rings (SSSR count). The van der Waals surface area contributed by atoms with E-state index in [4.69, 9.17) is 9.47 Å². The lowest BCUT2D eigenvalue weighted by molar-refractivity contribution is -0.164. The van der Waals surface area contributed by atoms with Gasteiger partial charge in [0.25, 0.3) is 0 Å². The fourth-order valence-electron chi connectivity index (χ4n) is 2.28. The number of thiazole rings is 1. The van der Waals surface area contributed by atoms with E-state index in [1.54, 1.807) is 27.0 Å². The molecule has 0 spiro atoms. The number of rotatable bonds is 6. The van der Waals surface area contributed by atoms with Gasteiger partial charge in [0.2, 0.25) is 0 Å². The average molecular weight is 363 g/mol. The second-order valence-electron chi connectivity index (χ2n) is 5.53. The third kappa shape index (κ3) is 4.33. The Hall–Kier alpha value is -2.48. The number of hydrogen-bond acceptors (Lipinski definition) is 8. The number of carbonyl (C=O) groups is 2. The van der Waals surface area contributed by atoms with Crippen LogP contribution in [0.15, 0.2) is 40.0 Å². The summed E-state index contributed by atoms with van der Waals surface area (Å²) in [5, 5.41) is 5.65. The molecule has 2 atom stereocenters. The van der Waals surface area contributed by atoms with E-state index in [1.807, 2.05) is 5.38 Å². The highest BCUT2D eigenvalue weighted by atomic mass is 32.1. The zero-order valence-electron chi connectivity index (χ0n) is 14.7. The summed E-state index contributed by atoms with van der Waals surface area (Å²) in [6.45, 7) is 10.8. The van der Waals surface area contributed by atoms with Crippen LogP contribution in [0.3, 0.4) is 0 Å². The van der Waals surface area contributed by atoms with Gasteiger partial charge in [0.05, 0.1) is 12.2 Å². The van der Waals surface area contributed by atoms with E-state index in [0.29, 0.717) is 22.7 Å². The molecule has 0 aliphatic carbocycles. The molecule has 0 radical (unpaired) electrons. The molecule has 1 N–H and O–H groups in total. The topological polar surface area (TPSA) is 89.9 Å². The van der Waals surface area contributed by atoms with E-state index < -0.39 is 24.1 Å². The molecule has 25 heavy (non-hydrogen) atoms. The van der Waals surface area contributed by atoms with Crippen molar-refractivity contribution in [3.05, 3.63) is 40.0 Å². The van der Waals surface area contributed by atoms with Crippen molar-refractivity contribution >= 4 is 29.1 Å². The second kappa shape index (κ2) is 8.06. The van der Waals surface area contributed by atoms with E-state index >= 15 is 0 Å². The molecule has 0 bridgehead atoms. The predicted octanol–water partition coefficient (Wildman–Crippen LogP) is 2.21. The van der Waals surface area contributed by atoms with Crippen LogP contribution in [0, 0.1) is 0 Å². The first-order valence-electron chi connectivity index (χ1n) is 7.83. The highest BCUT2D eigenvalue weighted by molar-refractivity contribution is 7.11. The van der Waals surface area contributed by atoms with Gasteiger partial charge in [0.1, 0.15) is 6.04 Å². The van der Waals surface area contributed by atoms with Crippen LogP contribution in [-0.2, 0) is 19.1 Å². The maximum Gasteiger partial charge on any atom is 0.347 e. The monoisotopic (exact) mass is 363 g/mol. The Balaban J connectivity index is 2.24. The van der Waals surface area contributed by atoms with Crippen molar-refractivity contribution < 1.29 is 19.1 Å². The van der Waals surface area contributed by atoms with Crippen LogP contribution in [0.25, 0.3) is 0 Å². The third-order valence-corrected chi connectivity index (χ3v) is 4.25. The van der Waals surface area contributed by atoms with Crippen molar-refractivity contribution in [2.45, 2.75) is 39.8 Å². The number of aliphatic imine (C=N–C) groups is 1. The predicted molar refractivity (Wildman–Crippen MR) is 95.3 cm³/mol. The Bertz CT molecular complexity index is 737. The van der Waals surface area contributed by atoms with E-state index in [0.717, 1.165) is 5.01 Å². The highest BCUT2D eigenvalue weighted by Crippen LogP contribution is 2.25. The zero-order chi connectivity index (χ0) is 18.6. The van der Waals surface area contributed by atoms with E-state index in [-0.39, 0.29) is 6.61 Å². The SMILES string of the molecule is C=C(C)[C@@H]1N=C(c2nccs2)NC(C)=C1C(=O)OC(C)C(=O)OCC. The molecule has 2 heterocycles. The van der Waals surface area contributed by atoms with E-state index in [2.05, 4.69) is 21.9 Å². The summed E-state index contributed by atoms with van der Waals surface area (Å²) >= 11 is 1.44. The van der Waals surface area contributed by atoms with Crippen LogP contribution in [-0.4, -0.2) is 41.5 Å². The standard InChI is InChI=1S/C17H21N3O4S/c1-6-23-16(21)11(5)24-17(22)12-10(4)19-14(15-18-7-8-25-15)20-13(12)9(2)3/h7-8,11,13H,2,6H2,1,3-5H3,(H,19,20)/t11?,13-/m0/s1. The summed E-state index contributed by atoms with van der Waals surface area (Å²) in [7, 11) is 0. The first-order valence-corrected chi connectivity index (χ1v) is 8.71. The summed E-state index contributed by atoms with van der Waals surface area (Å²) in [4.78, 5) is 33.0. The summed E-state index contributed by atoms with van der Waals surface area (Å²) in [5.41, 5.74) is 1.60. The summed E-state index contributed by atoms with van der Waals surface area (Å²) in [6.07, 6.45) is 0.687. The zero-order valence-corrected chi connectivity index (χ0v) is 15.5. The van der Waals surface area contributed by atoms with Crippen molar-refractivity contribution in [2.24, 2.45) is 4.99 Å². The normalized spacial score (nSPS) is 18.1. The average Bonchev–Trinajstić information content (AvgIpc) is 3.08. The van der Waals surface area contributed by atoms with Gasteiger partial charge in [0, 0.05) is 17.3 Å². The van der Waals surface area contributed by atoms with E-state index in [1.165, 1.54) is 18.3 Å². The number of hydrogen-bond donors (Lipinski definition) is 1. The van der Waals surface area contributed by atoms with Gasteiger partial charge >= 0.3 is 11.9 Å². The van der Waals surface area contributed by atoms with Crippen molar-refractivity contribution in [1.82, 2.24) is 10.3 Å². The number of carbonyl (C=O) groups excluding carboxylic acids is 2. The number of esters is 2. The van der Waals surface area contributed by atoms with Gasteiger partial charge in [-0.15, -0.1) is 11.3 Å². The van der Waals surface area contributed by atoms with Gasteiger partial charge in [-0.25, -0.2) is 14.6 Å². The Morgan fingerprint density at radius 2 is 2.20 bits per heavy atom. The Morgan fingerprint density at radius 1 is 1.48 bits per heavy atom. The van der Waals surface area contributed by atoms with Crippen LogP contribution in [0.2, 0.25) is 0 Å². The van der Waals surface area contributed by atoms with Crippen molar-refractivity contribution in [3.8, 4) is 0 Å². The fraction of sp³-hybridized carbons (Fsp3) is 0.412. The molecule has 0 saturated carbocycles. The van der Waals surface area contributed by atoms with Crippen LogP contribution < -0.4 is 5.32 Å². The highest BCUT2D eigenvalue weighted by Gasteiger charge is 2.32. The van der Waals surface area contributed by atoms with E-state index in [9.17, 15) is 9.59 Å². The van der Waals surface area contributed by atoms with Gasteiger partial charge in [-0.1, -0.05) is 12.2 Å². The maximum absolute atomic E-state index is 12.6. The lowest BCUT2D eigenvalue weighted by Crippen LogP contribution is -2.37. The molecular formula is C17H21N3O4S. The number of nitrogens with one attached hydrogen (secondary N) is 1. The molecule has 1 aliphatic rings. The Morgan fingerprint density at radius 3 is 2.76 bits per heavy atom. The maximum atomic E-state index is 12.6. The van der Waals surface area contributed by atoms with Gasteiger partial charge < -0.3 is 14.8 Å². The molecule has 134 valence electrons. The smallest absolute Gasteiger partial charge is 0.347 e. The quantitative estimate of drug-likeness (QED) is 0.616. The van der Waals surface area contributed by atoms with Gasteiger partial charge in [-0.05, 0) is 27.7 Å². The number of allylic oxidation sites excluding steroid dienone is 1. The second-order valence-corrected chi connectivity index (χ2v) is 6.42. The minimum Gasteiger partial charge on any atom is -0.463 e. The van der Waals surface area contributed by atoms with Crippen molar-refractivity contribution in [3.63, 3.8) is 0 Å². The molecule has 1 aromatic rings. The molecule has 0 fully saturated rings. The molecule has 1 aromatic heterocycles. The minimum atomic E-state index is -0.997. The van der Waals surface area contributed by atoms with Crippen molar-refractivity contribution in [1.29, 1.82) is 0 Å². The molecule has 0 aromatic carbocycles. The van der Waals surface area contributed by atoms with Crippen LogP contribution in [0.1, 0.15) is 32.7 Å². The summed E-state index contributed by atoms with van der Waals surface area (Å²) in [5.74, 6) is -0.632. The number of amidine groups is 1. The lowest BCUT2D eigenvalue weighted by Gasteiger charge is -2.26. The molecule has 8 heteroatoms. The minimum absolute atomic E-state index is 0.222. The van der Waals surface area contributed by atoms with Crippen LogP contribution in [0.5, 0.6) is 0 Å². The summed E-state index contributed by atoms with van der Waals surface area (Å²) in [6, 6.07) is -0.568. The lowest BCUT2D eigenvalue weighted by atomic mass is 9.98. The van der Waals surface area contributed by atoms with Crippen LogP contribution >= 0.6 is 11.3 Å². The van der Waals surface area contributed by atoms with Gasteiger partial charge in [-0.3, -0.25) is 4.99 Å². The molecule has 1 unspecified atom stereocenters. The first kappa shape index (κ1) is 18.9. The summed E-state index contributed by atoms with van der Waals surface area (Å²) < 4.78 is 10.1. The largest absolute Gasteiger partial charge is 0.463 e. The van der Waals surface area contributed by atoms with Gasteiger partial charge in [-0.2, -0.15) is 0 Å². The number of nitrogens with zero attached hydrogens (tertiary/aromatic N) is 2. The fourth-order valence-corrected chi connectivity index (χ4v) is 2.87.